The van der Waals surface area contributed by atoms with Crippen molar-refractivity contribution in [1.82, 2.24) is 35.0 Å². The second-order valence-corrected chi connectivity index (χ2v) is 8.26. The van der Waals surface area contributed by atoms with Gasteiger partial charge in [-0.15, -0.1) is 0 Å². The number of aromatic amines is 2. The summed E-state index contributed by atoms with van der Waals surface area (Å²) in [6.45, 7) is 10.7. The fraction of sp³-hybridized carbons (Fsp3) is 0.292. The molecule has 0 amide bonds. The first kappa shape index (κ1) is 19.5. The molecule has 5 heterocycles. The van der Waals surface area contributed by atoms with Crippen LogP contribution in [0, 0.1) is 12.8 Å². The fourth-order valence-corrected chi connectivity index (χ4v) is 4.29. The normalized spacial score (nSPS) is 16.5. The summed E-state index contributed by atoms with van der Waals surface area (Å²) >= 11 is 0. The van der Waals surface area contributed by atoms with Crippen LogP contribution in [0.4, 0.5) is 0 Å². The third kappa shape index (κ3) is 3.72. The third-order valence-electron chi connectivity index (χ3n) is 6.15. The average Bonchev–Trinajstić information content (AvgIpc) is 3.50. The van der Waals surface area contributed by atoms with Gasteiger partial charge in [-0.3, -0.25) is 5.10 Å². The van der Waals surface area contributed by atoms with Crippen molar-refractivity contribution >= 4 is 23.7 Å². The van der Waals surface area contributed by atoms with Crippen LogP contribution in [0.25, 0.3) is 40.8 Å². The van der Waals surface area contributed by atoms with Gasteiger partial charge in [0.05, 0.1) is 28.8 Å². The Morgan fingerprint density at radius 1 is 1.26 bits per heavy atom. The Bertz CT molecular complexity index is 1360. The van der Waals surface area contributed by atoms with Crippen molar-refractivity contribution in [2.45, 2.75) is 26.7 Å². The molecule has 0 atom stereocenters. The summed E-state index contributed by atoms with van der Waals surface area (Å²) in [5.74, 6) is 0.651. The van der Waals surface area contributed by atoms with E-state index in [2.05, 4.69) is 62.2 Å². The summed E-state index contributed by atoms with van der Waals surface area (Å²) in [6.07, 6.45) is 12.3. The molecular weight excluding hydrogens is 386 g/mol. The molecule has 0 unspecified atom stereocenters. The number of pyridine rings is 1. The summed E-state index contributed by atoms with van der Waals surface area (Å²) in [6, 6.07) is 4.07. The number of fused-ring (bicyclic) bond motifs is 1. The first-order chi connectivity index (χ1) is 15.1. The van der Waals surface area contributed by atoms with Gasteiger partial charge in [0.1, 0.15) is 11.3 Å². The number of H-pyrrole nitrogens is 2. The maximum atomic E-state index is 4.54. The summed E-state index contributed by atoms with van der Waals surface area (Å²) in [7, 11) is 0. The van der Waals surface area contributed by atoms with Gasteiger partial charge >= 0.3 is 0 Å². The van der Waals surface area contributed by atoms with Gasteiger partial charge in [-0.1, -0.05) is 18.2 Å². The second-order valence-electron chi connectivity index (χ2n) is 8.26. The Morgan fingerprint density at radius 3 is 2.87 bits per heavy atom. The smallest absolute Gasteiger partial charge is 0.139 e. The largest absolute Gasteiger partial charge is 0.338 e. The highest BCUT2D eigenvalue weighted by atomic mass is 15.1. The van der Waals surface area contributed by atoms with Gasteiger partial charge in [0.15, 0.2) is 0 Å². The third-order valence-corrected chi connectivity index (χ3v) is 6.15. The van der Waals surface area contributed by atoms with E-state index in [1.165, 1.54) is 18.4 Å². The van der Waals surface area contributed by atoms with E-state index >= 15 is 0 Å². The van der Waals surface area contributed by atoms with Gasteiger partial charge in [0.2, 0.25) is 0 Å². The van der Waals surface area contributed by atoms with Crippen LogP contribution in [-0.4, -0.2) is 42.8 Å². The molecule has 7 heteroatoms. The van der Waals surface area contributed by atoms with Crippen LogP contribution in [0.2, 0.25) is 0 Å². The fourth-order valence-electron chi connectivity index (χ4n) is 4.29. The van der Waals surface area contributed by atoms with Crippen LogP contribution in [-0.2, 0) is 0 Å². The van der Waals surface area contributed by atoms with Crippen LogP contribution >= 0.6 is 0 Å². The number of rotatable bonds is 4. The number of hydrogen-bond donors (Lipinski definition) is 3. The van der Waals surface area contributed by atoms with Crippen molar-refractivity contribution in [2.24, 2.45) is 5.92 Å². The molecule has 0 aromatic carbocycles. The number of hydrogen-bond acceptors (Lipinski definition) is 4. The quantitative estimate of drug-likeness (QED) is 0.480. The molecule has 1 saturated heterocycles. The zero-order valence-electron chi connectivity index (χ0n) is 17.9. The molecule has 4 aromatic heterocycles. The van der Waals surface area contributed by atoms with Gasteiger partial charge < -0.3 is 14.9 Å². The lowest BCUT2D eigenvalue weighted by Crippen LogP contribution is -2.28. The number of piperidine rings is 1. The number of nitrogens with zero attached hydrogens (tertiary/aromatic N) is 4. The molecule has 0 saturated carbocycles. The van der Waals surface area contributed by atoms with Gasteiger partial charge in [0.25, 0.3) is 0 Å². The number of imidazole rings is 1. The topological polar surface area (TPSA) is 87.2 Å². The van der Waals surface area contributed by atoms with E-state index in [9.17, 15) is 0 Å². The summed E-state index contributed by atoms with van der Waals surface area (Å²) < 4.78 is 2.01. The lowest BCUT2D eigenvalue weighted by Gasteiger charge is -2.23. The van der Waals surface area contributed by atoms with E-state index in [-0.39, 0.29) is 0 Å². The number of aryl methyl sites for hydroxylation is 1. The highest BCUT2D eigenvalue weighted by molar-refractivity contribution is 5.89. The van der Waals surface area contributed by atoms with Gasteiger partial charge in [-0.2, -0.15) is 5.10 Å². The SMILES string of the molecule is C=c1c(-c2cc3c(-n4cnc(C)c4)ccnc3[nH]2)n[nH]/c1=C/C=C(\C)C1CCNCC1. The minimum atomic E-state index is 0.651. The lowest BCUT2D eigenvalue weighted by molar-refractivity contribution is 0.420. The van der Waals surface area contributed by atoms with Crippen LogP contribution in [0.15, 0.2) is 42.5 Å². The molecule has 0 bridgehead atoms. The number of aromatic nitrogens is 6. The molecule has 31 heavy (non-hydrogen) atoms. The zero-order valence-corrected chi connectivity index (χ0v) is 17.9. The van der Waals surface area contributed by atoms with E-state index < -0.39 is 0 Å². The molecule has 1 aliphatic rings. The average molecular weight is 414 g/mol. The van der Waals surface area contributed by atoms with Crippen molar-refractivity contribution in [2.75, 3.05) is 13.1 Å². The van der Waals surface area contributed by atoms with Gasteiger partial charge in [-0.25, -0.2) is 9.97 Å². The van der Waals surface area contributed by atoms with E-state index in [0.717, 1.165) is 57.5 Å². The minimum Gasteiger partial charge on any atom is -0.338 e. The lowest BCUT2D eigenvalue weighted by atomic mass is 9.91. The maximum Gasteiger partial charge on any atom is 0.139 e. The van der Waals surface area contributed by atoms with Crippen molar-refractivity contribution in [3.05, 3.63) is 58.8 Å². The van der Waals surface area contributed by atoms with Gasteiger partial charge in [0, 0.05) is 23.0 Å². The predicted molar refractivity (Wildman–Crippen MR) is 124 cm³/mol. The van der Waals surface area contributed by atoms with Crippen LogP contribution < -0.4 is 15.9 Å². The maximum absolute atomic E-state index is 4.54. The molecule has 4 aromatic rings. The Kier molecular flexibility index (Phi) is 5.03. The Balaban J connectivity index is 1.50. The zero-order chi connectivity index (χ0) is 21.4. The molecule has 0 radical (unpaired) electrons. The predicted octanol–water partition coefficient (Wildman–Crippen LogP) is 2.58. The first-order valence-electron chi connectivity index (χ1n) is 10.7. The second kappa shape index (κ2) is 8.00. The van der Waals surface area contributed by atoms with Crippen molar-refractivity contribution in [3.63, 3.8) is 0 Å². The summed E-state index contributed by atoms with van der Waals surface area (Å²) in [5.41, 5.74) is 5.93. The molecule has 1 fully saturated rings. The number of allylic oxidation sites excluding steroid dienone is 2. The van der Waals surface area contributed by atoms with Crippen molar-refractivity contribution in [1.29, 1.82) is 0 Å². The number of nitrogens with one attached hydrogen (secondary N) is 3. The van der Waals surface area contributed by atoms with E-state index in [1.807, 2.05) is 30.1 Å². The first-order valence-corrected chi connectivity index (χ1v) is 10.7. The van der Waals surface area contributed by atoms with Crippen LogP contribution in [0.5, 0.6) is 0 Å². The van der Waals surface area contributed by atoms with Crippen molar-refractivity contribution in [3.8, 4) is 17.1 Å². The molecule has 3 N–H and O–H groups in total. The minimum absolute atomic E-state index is 0.651. The molecule has 7 nitrogen and oxygen atoms in total. The molecule has 1 aliphatic heterocycles. The van der Waals surface area contributed by atoms with Gasteiger partial charge in [-0.05, 0) is 63.9 Å². The molecule has 0 aliphatic carbocycles. The molecule has 158 valence electrons. The van der Waals surface area contributed by atoms with Crippen LogP contribution in [0.3, 0.4) is 0 Å². The van der Waals surface area contributed by atoms with E-state index in [4.69, 9.17) is 0 Å². The molecule has 5 rings (SSSR count). The van der Waals surface area contributed by atoms with Crippen LogP contribution in [0.1, 0.15) is 25.5 Å². The Labute approximate surface area is 180 Å². The summed E-state index contributed by atoms with van der Waals surface area (Å²) in [4.78, 5) is 12.2. The Hall–Kier alpha value is -3.45. The highest BCUT2D eigenvalue weighted by Crippen LogP contribution is 2.25. The van der Waals surface area contributed by atoms with E-state index in [1.54, 1.807) is 6.20 Å². The highest BCUT2D eigenvalue weighted by Gasteiger charge is 2.14. The summed E-state index contributed by atoms with van der Waals surface area (Å²) in [5, 5.41) is 13.9. The van der Waals surface area contributed by atoms with E-state index in [0.29, 0.717) is 5.92 Å². The monoisotopic (exact) mass is 413 g/mol. The Morgan fingerprint density at radius 2 is 2.10 bits per heavy atom. The standard InChI is InChI=1S/C24H27N7/c1-15(18-6-9-25-10-7-18)4-5-20-17(3)23(30-29-20)21-12-19-22(8-11-26-24(19)28-21)31-13-16(2)27-14-31/h4-5,8,11-14,18,25,29H,3,6-7,9-10H2,1-2H3,(H,26,28)/b15-4+,20-5+. The molecule has 0 spiro atoms. The molecular formula is C24H27N7. The van der Waals surface area contributed by atoms with Crippen molar-refractivity contribution < 1.29 is 0 Å².